The van der Waals surface area contributed by atoms with Crippen LogP contribution in [0.4, 0.5) is 4.20 Å². The molecule has 0 spiro atoms. The first-order valence-corrected chi connectivity index (χ1v) is 8.76. The molecular weight excluding hydrogens is 289 g/mol. The second kappa shape index (κ2) is 11.1. The smallest absolute Gasteiger partial charge is 0.364 e. The van der Waals surface area contributed by atoms with Crippen LogP contribution in [0.3, 0.4) is 0 Å². The van der Waals surface area contributed by atoms with Crippen molar-refractivity contribution in [3.63, 3.8) is 0 Å². The van der Waals surface area contributed by atoms with E-state index in [-0.39, 0.29) is 23.2 Å². The summed E-state index contributed by atoms with van der Waals surface area (Å²) in [6.45, 7) is 8.82. The molecule has 0 aromatic heterocycles. The molecule has 0 fully saturated rings. The highest BCUT2D eigenvalue weighted by Gasteiger charge is 2.14. The summed E-state index contributed by atoms with van der Waals surface area (Å²) in [6, 6.07) is 0. The van der Waals surface area contributed by atoms with Gasteiger partial charge in [0, 0.05) is 13.3 Å². The molecule has 2 atom stereocenters. The third kappa shape index (κ3) is 36.0. The SMILES string of the molecule is CC(C)OP(C)(=O)F.CC(C)OP(C)(=O)O.O.[OH-]. The molecule has 0 saturated heterocycles. The van der Waals surface area contributed by atoms with Gasteiger partial charge in [0.05, 0.1) is 12.2 Å². The summed E-state index contributed by atoms with van der Waals surface area (Å²) in [6.07, 6.45) is -0.466. The zero-order valence-electron chi connectivity index (χ0n) is 11.5. The lowest BCUT2D eigenvalue weighted by molar-refractivity contribution is 0.208. The Bertz CT molecular complexity index is 243. The van der Waals surface area contributed by atoms with Crippen LogP contribution in [0.15, 0.2) is 0 Å². The Balaban J connectivity index is -0.0000000980. The Labute approximate surface area is 107 Å². The summed E-state index contributed by atoms with van der Waals surface area (Å²) >= 11 is 0. The second-order valence-electron chi connectivity index (χ2n) is 3.86. The molecule has 2 unspecified atom stereocenters. The van der Waals surface area contributed by atoms with Crippen molar-refractivity contribution in [3.05, 3.63) is 0 Å². The first-order valence-electron chi connectivity index (χ1n) is 4.77. The summed E-state index contributed by atoms with van der Waals surface area (Å²) in [4.78, 5) is 8.52. The van der Waals surface area contributed by atoms with Gasteiger partial charge in [-0.3, -0.25) is 9.13 Å². The Morgan fingerprint density at radius 2 is 1.28 bits per heavy atom. The van der Waals surface area contributed by atoms with Crippen molar-refractivity contribution in [3.8, 4) is 0 Å². The quantitative estimate of drug-likeness (QED) is 0.792. The molecule has 0 saturated carbocycles. The van der Waals surface area contributed by atoms with Crippen LogP contribution < -0.4 is 0 Å². The molecule has 10 heteroatoms. The van der Waals surface area contributed by atoms with E-state index in [1.807, 2.05) is 0 Å². The minimum atomic E-state index is -3.72. The fraction of sp³-hybridized carbons (Fsp3) is 1.00. The van der Waals surface area contributed by atoms with Gasteiger partial charge < -0.3 is 24.9 Å². The summed E-state index contributed by atoms with van der Waals surface area (Å²) in [5, 5.41) is 0. The first kappa shape index (κ1) is 26.7. The third-order valence-electron chi connectivity index (χ3n) is 0.806. The Hall–Kier alpha value is 0.190. The summed E-state index contributed by atoms with van der Waals surface area (Å²) in [5.74, 6) is 0. The van der Waals surface area contributed by atoms with Gasteiger partial charge in [-0.1, -0.05) is 0 Å². The van der Waals surface area contributed by atoms with Crippen LogP contribution in [-0.4, -0.2) is 41.4 Å². The van der Waals surface area contributed by atoms with E-state index in [0.29, 0.717) is 0 Å². The van der Waals surface area contributed by atoms with E-state index in [1.165, 1.54) is 6.66 Å². The van der Waals surface area contributed by atoms with Crippen molar-refractivity contribution in [1.29, 1.82) is 0 Å². The molecule has 0 aliphatic heterocycles. The number of rotatable bonds is 4. The predicted octanol–water partition coefficient (Wildman–Crippen LogP) is 2.43. The lowest BCUT2D eigenvalue weighted by Crippen LogP contribution is -1.98. The van der Waals surface area contributed by atoms with Crippen molar-refractivity contribution < 1.29 is 38.2 Å². The molecule has 0 bridgehead atoms. The van der Waals surface area contributed by atoms with Crippen LogP contribution in [-0.2, 0) is 18.2 Å². The van der Waals surface area contributed by atoms with Gasteiger partial charge in [0.25, 0.3) is 0 Å². The Kier molecular flexibility index (Phi) is 16.4. The van der Waals surface area contributed by atoms with Crippen molar-refractivity contribution in [1.82, 2.24) is 0 Å². The largest absolute Gasteiger partial charge is 0.870 e. The fourth-order valence-corrected chi connectivity index (χ4v) is 2.30. The maximum Gasteiger partial charge on any atom is 0.364 e. The summed E-state index contributed by atoms with van der Waals surface area (Å²) < 4.78 is 41.3. The van der Waals surface area contributed by atoms with Crippen LogP contribution in [0.1, 0.15) is 27.7 Å². The van der Waals surface area contributed by atoms with Gasteiger partial charge in [0.1, 0.15) is 0 Å². The molecule has 0 amide bonds. The molecule has 116 valence electrons. The molecule has 18 heavy (non-hydrogen) atoms. The average molecular weight is 313 g/mol. The molecule has 0 aliphatic carbocycles. The molecule has 7 nitrogen and oxygen atoms in total. The van der Waals surface area contributed by atoms with E-state index in [4.69, 9.17) is 4.89 Å². The Morgan fingerprint density at radius 1 is 1.00 bits per heavy atom. The van der Waals surface area contributed by atoms with E-state index in [9.17, 15) is 13.3 Å². The molecular formula is C8H24FO7P2-. The van der Waals surface area contributed by atoms with Crippen LogP contribution in [0.5, 0.6) is 0 Å². The van der Waals surface area contributed by atoms with E-state index in [0.717, 1.165) is 6.66 Å². The predicted molar refractivity (Wildman–Crippen MR) is 68.4 cm³/mol. The maximum absolute atomic E-state index is 12.0. The highest BCUT2D eigenvalue weighted by molar-refractivity contribution is 7.52. The zero-order valence-corrected chi connectivity index (χ0v) is 13.2. The molecule has 0 aromatic carbocycles. The minimum absolute atomic E-state index is 0. The first-order chi connectivity index (χ1) is 6.83. The van der Waals surface area contributed by atoms with Gasteiger partial charge in [-0.05, 0) is 27.7 Å². The topological polar surface area (TPSA) is 134 Å². The highest BCUT2D eigenvalue weighted by Crippen LogP contribution is 2.45. The zero-order chi connectivity index (χ0) is 13.6. The molecule has 0 rings (SSSR count). The minimum Gasteiger partial charge on any atom is -0.870 e. The van der Waals surface area contributed by atoms with E-state index >= 15 is 0 Å². The van der Waals surface area contributed by atoms with E-state index in [2.05, 4.69) is 9.05 Å². The van der Waals surface area contributed by atoms with Crippen molar-refractivity contribution in [2.24, 2.45) is 0 Å². The average Bonchev–Trinajstić information content (AvgIpc) is 1.72. The monoisotopic (exact) mass is 313 g/mol. The van der Waals surface area contributed by atoms with Gasteiger partial charge >= 0.3 is 15.3 Å². The fourth-order valence-electron chi connectivity index (χ4n) is 0.768. The highest BCUT2D eigenvalue weighted by atomic mass is 31.2. The standard InChI is InChI=1S/C4H10FO2P.C4H11O3P.2H2O/c2*1-4(2)7-8(3,5)6;;/h4H,1-3H3;4H,1-3H3,(H,5,6);2*1H2/p-1. The number of hydrogen-bond acceptors (Lipinski definition) is 5. The van der Waals surface area contributed by atoms with Gasteiger partial charge in [-0.15, -0.1) is 0 Å². The van der Waals surface area contributed by atoms with Crippen molar-refractivity contribution in [2.45, 2.75) is 39.9 Å². The molecule has 0 aliphatic rings. The Morgan fingerprint density at radius 3 is 1.28 bits per heavy atom. The van der Waals surface area contributed by atoms with Crippen LogP contribution in [0.2, 0.25) is 0 Å². The summed E-state index contributed by atoms with van der Waals surface area (Å²) in [7, 11) is -6.94. The van der Waals surface area contributed by atoms with Crippen molar-refractivity contribution >= 4 is 15.3 Å². The van der Waals surface area contributed by atoms with Crippen LogP contribution >= 0.6 is 15.3 Å². The molecule has 4 N–H and O–H groups in total. The van der Waals surface area contributed by atoms with Gasteiger partial charge in [0.2, 0.25) is 0 Å². The lowest BCUT2D eigenvalue weighted by Gasteiger charge is -2.08. The van der Waals surface area contributed by atoms with E-state index in [1.54, 1.807) is 27.7 Å². The van der Waals surface area contributed by atoms with E-state index < -0.39 is 15.3 Å². The third-order valence-corrected chi connectivity index (χ3v) is 2.42. The van der Waals surface area contributed by atoms with Gasteiger partial charge in [-0.2, -0.15) is 4.20 Å². The van der Waals surface area contributed by atoms with Crippen LogP contribution in [0.25, 0.3) is 0 Å². The van der Waals surface area contributed by atoms with Gasteiger partial charge in [0.15, 0.2) is 0 Å². The number of halogens is 1. The lowest BCUT2D eigenvalue weighted by atomic mass is 10.5. The molecule has 0 heterocycles. The maximum atomic E-state index is 12.0. The van der Waals surface area contributed by atoms with Crippen molar-refractivity contribution in [2.75, 3.05) is 13.3 Å². The molecule has 0 radical (unpaired) electrons. The molecule has 0 aromatic rings. The normalized spacial score (nSPS) is 16.6. The second-order valence-corrected chi connectivity index (χ2v) is 7.38. The summed E-state index contributed by atoms with van der Waals surface area (Å²) in [5.41, 5.74) is 0. The number of hydrogen-bond donors (Lipinski definition) is 1. The van der Waals surface area contributed by atoms with Crippen LogP contribution in [0, 0.1) is 0 Å². The van der Waals surface area contributed by atoms with Gasteiger partial charge in [-0.25, -0.2) is 0 Å².